The van der Waals surface area contributed by atoms with E-state index >= 15 is 0 Å². The zero-order valence-electron chi connectivity index (χ0n) is 16.2. The molecule has 0 spiro atoms. The molecule has 1 amide bonds. The van der Waals surface area contributed by atoms with Crippen LogP contribution in [0.15, 0.2) is 66.3 Å². The summed E-state index contributed by atoms with van der Waals surface area (Å²) < 4.78 is 39.1. The van der Waals surface area contributed by atoms with Crippen molar-refractivity contribution in [2.45, 2.75) is 31.9 Å². The number of carbonyl (C=O) groups excluding carboxylic acids is 1. The molecule has 0 aliphatic heterocycles. The molecule has 0 saturated heterocycles. The lowest BCUT2D eigenvalue weighted by atomic mass is 9.96. The van der Waals surface area contributed by atoms with Crippen LogP contribution in [0.25, 0.3) is 5.57 Å². The van der Waals surface area contributed by atoms with Crippen molar-refractivity contribution in [1.29, 1.82) is 0 Å². The fourth-order valence-corrected chi connectivity index (χ4v) is 3.89. The molecule has 2 aromatic carbocycles. The van der Waals surface area contributed by atoms with Crippen molar-refractivity contribution in [2.24, 2.45) is 0 Å². The van der Waals surface area contributed by atoms with Gasteiger partial charge >= 0.3 is 6.18 Å². The van der Waals surface area contributed by atoms with E-state index in [0.717, 1.165) is 31.4 Å². The van der Waals surface area contributed by atoms with Gasteiger partial charge in [-0.3, -0.25) is 4.79 Å². The summed E-state index contributed by atoms with van der Waals surface area (Å²) in [5, 5.41) is 2.91. The fraction of sp³-hybridized carbons (Fsp3) is 0.208. The molecule has 3 nitrogen and oxygen atoms in total. The minimum Gasteiger partial charge on any atom is -0.399 e. The summed E-state index contributed by atoms with van der Waals surface area (Å²) in [6.45, 7) is 0. The molecule has 30 heavy (non-hydrogen) atoms. The van der Waals surface area contributed by atoms with Crippen molar-refractivity contribution >= 4 is 22.9 Å². The van der Waals surface area contributed by atoms with Gasteiger partial charge in [0.2, 0.25) is 0 Å². The topological polar surface area (TPSA) is 55.1 Å². The molecule has 2 aliphatic rings. The summed E-state index contributed by atoms with van der Waals surface area (Å²) in [4.78, 5) is 13.0. The highest BCUT2D eigenvalue weighted by Gasteiger charge is 2.31. The van der Waals surface area contributed by atoms with Crippen molar-refractivity contribution in [3.63, 3.8) is 0 Å². The standard InChI is InChI=1S/C24H21F3N2O/c25-24(26,27)18-6-2-4-16(7-9-18)21-12-10-19(28)14-22(21)23(30)29-20-11-8-15-3-1-5-17(15)13-20/h2,6-14H,1,3-5,28H2,(H,29,30). The predicted molar refractivity (Wildman–Crippen MR) is 113 cm³/mol. The second kappa shape index (κ2) is 7.86. The molecule has 0 bridgehead atoms. The van der Waals surface area contributed by atoms with E-state index in [1.807, 2.05) is 18.2 Å². The lowest BCUT2D eigenvalue weighted by molar-refractivity contribution is -0.0881. The summed E-state index contributed by atoms with van der Waals surface area (Å²) >= 11 is 0. The number of hydrogen-bond acceptors (Lipinski definition) is 2. The van der Waals surface area contributed by atoms with E-state index in [9.17, 15) is 18.0 Å². The summed E-state index contributed by atoms with van der Waals surface area (Å²) in [6, 6.07) is 10.8. The normalized spacial score (nSPS) is 15.8. The van der Waals surface area contributed by atoms with Crippen LogP contribution in [0.2, 0.25) is 0 Å². The number of aryl methyl sites for hydroxylation is 2. The summed E-state index contributed by atoms with van der Waals surface area (Å²) in [6.07, 6.45) is 3.99. The van der Waals surface area contributed by atoms with Gasteiger partial charge in [-0.1, -0.05) is 30.4 Å². The molecule has 3 N–H and O–H groups in total. The van der Waals surface area contributed by atoms with Crippen molar-refractivity contribution in [3.05, 3.63) is 88.5 Å². The molecule has 0 heterocycles. The van der Waals surface area contributed by atoms with Gasteiger partial charge in [-0.2, -0.15) is 13.2 Å². The van der Waals surface area contributed by atoms with Crippen LogP contribution < -0.4 is 11.1 Å². The van der Waals surface area contributed by atoms with E-state index in [-0.39, 0.29) is 12.3 Å². The van der Waals surface area contributed by atoms with Gasteiger partial charge in [-0.25, -0.2) is 0 Å². The number of halogens is 3. The highest BCUT2D eigenvalue weighted by Crippen LogP contribution is 2.32. The average molecular weight is 410 g/mol. The molecule has 0 radical (unpaired) electrons. The monoisotopic (exact) mass is 410 g/mol. The molecule has 6 heteroatoms. The van der Waals surface area contributed by atoms with Crippen LogP contribution in [0.5, 0.6) is 0 Å². The lowest BCUT2D eigenvalue weighted by Crippen LogP contribution is -2.15. The van der Waals surface area contributed by atoms with Gasteiger partial charge in [-0.05, 0) is 78.3 Å². The van der Waals surface area contributed by atoms with Gasteiger partial charge in [0.05, 0.1) is 5.57 Å². The first-order valence-corrected chi connectivity index (χ1v) is 9.79. The minimum absolute atomic E-state index is 0.277. The maximum Gasteiger partial charge on any atom is 0.416 e. The number of benzene rings is 2. The number of alkyl halides is 3. The Labute approximate surface area is 172 Å². The lowest BCUT2D eigenvalue weighted by Gasteiger charge is -2.14. The van der Waals surface area contributed by atoms with E-state index < -0.39 is 11.7 Å². The number of nitrogen functional groups attached to an aromatic ring is 1. The van der Waals surface area contributed by atoms with Crippen LogP contribution in [0.4, 0.5) is 24.5 Å². The van der Waals surface area contributed by atoms with E-state index in [1.54, 1.807) is 18.2 Å². The number of anilines is 2. The number of carbonyl (C=O) groups is 1. The summed E-state index contributed by atoms with van der Waals surface area (Å²) in [5.41, 5.74) is 10.3. The zero-order chi connectivity index (χ0) is 21.3. The third-order valence-corrected chi connectivity index (χ3v) is 5.42. The van der Waals surface area contributed by atoms with E-state index in [2.05, 4.69) is 5.32 Å². The van der Waals surface area contributed by atoms with Gasteiger partial charge in [-0.15, -0.1) is 0 Å². The number of hydrogen-bond donors (Lipinski definition) is 2. The SMILES string of the molecule is Nc1ccc(C2=CC=C(C(F)(F)F)C=CC2)c(C(=O)Nc2ccc3c(c2)CCC3)c1. The number of nitrogens with two attached hydrogens (primary N) is 1. The highest BCUT2D eigenvalue weighted by atomic mass is 19.4. The molecule has 2 aliphatic carbocycles. The third-order valence-electron chi connectivity index (χ3n) is 5.42. The fourth-order valence-electron chi connectivity index (χ4n) is 3.89. The number of rotatable bonds is 3. The van der Waals surface area contributed by atoms with Crippen LogP contribution in [0, 0.1) is 0 Å². The van der Waals surface area contributed by atoms with Crippen molar-refractivity contribution in [3.8, 4) is 0 Å². The Bertz CT molecular complexity index is 1090. The Balaban J connectivity index is 1.65. The van der Waals surface area contributed by atoms with Crippen molar-refractivity contribution < 1.29 is 18.0 Å². The number of nitrogens with one attached hydrogen (secondary N) is 1. The first kappa shape index (κ1) is 20.0. The second-order valence-electron chi connectivity index (χ2n) is 7.51. The first-order chi connectivity index (χ1) is 14.3. The number of amides is 1. The summed E-state index contributed by atoms with van der Waals surface area (Å²) in [5.74, 6) is -0.343. The average Bonchev–Trinajstić information content (AvgIpc) is 3.01. The quantitative estimate of drug-likeness (QED) is 0.625. The Hall–Kier alpha value is -3.28. The van der Waals surface area contributed by atoms with Gasteiger partial charge in [0.15, 0.2) is 0 Å². The molecule has 0 aromatic heterocycles. The van der Waals surface area contributed by atoms with E-state index in [0.29, 0.717) is 28.1 Å². The smallest absolute Gasteiger partial charge is 0.399 e. The molecule has 4 rings (SSSR count). The molecular weight excluding hydrogens is 389 g/mol. The molecule has 154 valence electrons. The van der Waals surface area contributed by atoms with Crippen LogP contribution in [-0.2, 0) is 12.8 Å². The minimum atomic E-state index is -4.42. The number of fused-ring (bicyclic) bond motifs is 1. The van der Waals surface area contributed by atoms with E-state index in [4.69, 9.17) is 5.73 Å². The molecule has 0 unspecified atom stereocenters. The second-order valence-corrected chi connectivity index (χ2v) is 7.51. The molecule has 0 saturated carbocycles. The number of allylic oxidation sites excluding steroid dienone is 6. The third kappa shape index (κ3) is 4.17. The van der Waals surface area contributed by atoms with Gasteiger partial charge in [0.1, 0.15) is 0 Å². The Morgan fingerprint density at radius 2 is 1.80 bits per heavy atom. The molecule has 0 fully saturated rings. The molecule has 2 aromatic rings. The van der Waals surface area contributed by atoms with Gasteiger partial charge in [0.25, 0.3) is 5.91 Å². The Morgan fingerprint density at radius 1 is 1.00 bits per heavy atom. The van der Waals surface area contributed by atoms with E-state index in [1.165, 1.54) is 23.3 Å². The van der Waals surface area contributed by atoms with Gasteiger partial charge < -0.3 is 11.1 Å². The summed E-state index contributed by atoms with van der Waals surface area (Å²) in [7, 11) is 0. The van der Waals surface area contributed by atoms with Crippen LogP contribution >= 0.6 is 0 Å². The maximum absolute atomic E-state index is 13.0. The largest absolute Gasteiger partial charge is 0.416 e. The van der Waals surface area contributed by atoms with Gasteiger partial charge in [0, 0.05) is 16.9 Å². The predicted octanol–water partition coefficient (Wildman–Crippen LogP) is 5.84. The highest BCUT2D eigenvalue weighted by molar-refractivity contribution is 6.08. The Kier molecular flexibility index (Phi) is 5.24. The van der Waals surface area contributed by atoms with Crippen LogP contribution in [0.1, 0.15) is 39.9 Å². The van der Waals surface area contributed by atoms with Crippen molar-refractivity contribution in [1.82, 2.24) is 0 Å². The molecular formula is C24H21F3N2O. The zero-order valence-corrected chi connectivity index (χ0v) is 16.2. The molecule has 0 atom stereocenters. The van der Waals surface area contributed by atoms with Crippen LogP contribution in [-0.4, -0.2) is 12.1 Å². The first-order valence-electron chi connectivity index (χ1n) is 9.79. The van der Waals surface area contributed by atoms with Crippen molar-refractivity contribution in [2.75, 3.05) is 11.1 Å². The van der Waals surface area contributed by atoms with Crippen LogP contribution in [0.3, 0.4) is 0 Å². The Morgan fingerprint density at radius 3 is 2.60 bits per heavy atom. The maximum atomic E-state index is 13.0.